The molecule has 4 bridgehead atoms. The summed E-state index contributed by atoms with van der Waals surface area (Å²) in [6.45, 7) is 1.56. The first kappa shape index (κ1) is 19.3. The van der Waals surface area contributed by atoms with Crippen LogP contribution in [0.2, 0.25) is 0 Å². The fraction of sp³-hybridized carbons (Fsp3) is 0.882. The van der Waals surface area contributed by atoms with Crippen molar-refractivity contribution in [3.8, 4) is 0 Å². The van der Waals surface area contributed by atoms with E-state index in [0.29, 0.717) is 26.1 Å². The minimum absolute atomic E-state index is 0. The molecule has 0 spiro atoms. The van der Waals surface area contributed by atoms with Crippen molar-refractivity contribution < 1.29 is 9.59 Å². The summed E-state index contributed by atoms with van der Waals surface area (Å²) in [6.07, 6.45) is 8.64. The van der Waals surface area contributed by atoms with Crippen LogP contribution in [0.15, 0.2) is 0 Å². The van der Waals surface area contributed by atoms with E-state index in [1.54, 1.807) is 0 Å². The van der Waals surface area contributed by atoms with Gasteiger partial charge in [0.25, 0.3) is 0 Å². The summed E-state index contributed by atoms with van der Waals surface area (Å²) in [6, 6.07) is -0.110. The van der Waals surface area contributed by atoms with E-state index in [2.05, 4.69) is 16.0 Å². The summed E-state index contributed by atoms with van der Waals surface area (Å²) in [4.78, 5) is 23.8. The third-order valence-electron chi connectivity index (χ3n) is 5.76. The zero-order valence-electron chi connectivity index (χ0n) is 14.3. The number of rotatable bonds is 7. The number of amides is 3. The normalized spacial score (nSPS) is 32.8. The maximum Gasteiger partial charge on any atom is 0.315 e. The molecule has 4 fully saturated rings. The quantitative estimate of drug-likeness (QED) is 0.520. The van der Waals surface area contributed by atoms with Crippen LogP contribution in [-0.2, 0) is 4.79 Å². The van der Waals surface area contributed by atoms with E-state index in [0.717, 1.165) is 43.4 Å². The highest BCUT2D eigenvalue weighted by Gasteiger charge is 2.51. The summed E-state index contributed by atoms with van der Waals surface area (Å²) in [5.74, 6) is 2.41. The van der Waals surface area contributed by atoms with Crippen LogP contribution < -0.4 is 21.7 Å². The third-order valence-corrected chi connectivity index (χ3v) is 5.76. The van der Waals surface area contributed by atoms with E-state index < -0.39 is 0 Å². The van der Waals surface area contributed by atoms with Gasteiger partial charge in [-0.15, -0.1) is 12.4 Å². The van der Waals surface area contributed by atoms with E-state index in [1.165, 1.54) is 19.3 Å². The van der Waals surface area contributed by atoms with Gasteiger partial charge < -0.3 is 21.7 Å². The summed E-state index contributed by atoms with van der Waals surface area (Å²) in [5.41, 5.74) is 5.41. The van der Waals surface area contributed by atoms with Gasteiger partial charge in [-0.3, -0.25) is 4.79 Å². The van der Waals surface area contributed by atoms with Gasteiger partial charge in [0.05, 0.1) is 0 Å². The monoisotopic (exact) mass is 358 g/mol. The number of urea groups is 1. The van der Waals surface area contributed by atoms with Gasteiger partial charge in [0, 0.05) is 25.0 Å². The Morgan fingerprint density at radius 3 is 2.08 bits per heavy atom. The van der Waals surface area contributed by atoms with E-state index in [1.807, 2.05) is 0 Å². The Hall–Kier alpha value is -1.01. The maximum atomic E-state index is 12.2. The topological polar surface area (TPSA) is 96.2 Å². The average Bonchev–Trinajstić information content (AvgIpc) is 2.45. The van der Waals surface area contributed by atoms with E-state index in [-0.39, 0.29) is 29.9 Å². The number of nitrogens with two attached hydrogens (primary N) is 1. The molecule has 0 aliphatic heterocycles. The van der Waals surface area contributed by atoms with Gasteiger partial charge in [-0.2, -0.15) is 0 Å². The van der Waals surface area contributed by atoms with Crippen molar-refractivity contribution in [1.29, 1.82) is 0 Å². The van der Waals surface area contributed by atoms with Gasteiger partial charge in [0.15, 0.2) is 0 Å². The van der Waals surface area contributed by atoms with E-state index >= 15 is 0 Å². The Morgan fingerprint density at radius 1 is 0.958 bits per heavy atom. The van der Waals surface area contributed by atoms with Crippen molar-refractivity contribution in [3.05, 3.63) is 0 Å². The largest absolute Gasteiger partial charge is 0.356 e. The molecule has 0 heterocycles. The highest BCUT2D eigenvalue weighted by molar-refractivity contribution is 5.85. The van der Waals surface area contributed by atoms with Crippen LogP contribution in [-0.4, -0.2) is 37.1 Å². The molecule has 24 heavy (non-hydrogen) atoms. The zero-order chi connectivity index (χ0) is 16.3. The molecule has 7 heteroatoms. The second-order valence-corrected chi connectivity index (χ2v) is 7.82. The van der Waals surface area contributed by atoms with Gasteiger partial charge in [0.2, 0.25) is 5.91 Å². The highest BCUT2D eigenvalue weighted by Crippen LogP contribution is 2.55. The molecule has 0 radical (unpaired) electrons. The van der Waals surface area contributed by atoms with E-state index in [4.69, 9.17) is 5.73 Å². The Morgan fingerprint density at radius 2 is 1.54 bits per heavy atom. The van der Waals surface area contributed by atoms with Crippen LogP contribution in [0.25, 0.3) is 0 Å². The molecule has 4 rings (SSSR count). The third kappa shape index (κ3) is 4.76. The smallest absolute Gasteiger partial charge is 0.315 e. The first-order chi connectivity index (χ1) is 11.1. The van der Waals surface area contributed by atoms with Crippen molar-refractivity contribution in [1.82, 2.24) is 16.0 Å². The number of carbonyl (C=O) groups is 2. The molecule has 0 aromatic heterocycles. The average molecular weight is 359 g/mol. The lowest BCUT2D eigenvalue weighted by molar-refractivity contribution is -0.120. The number of carbonyl (C=O) groups excluding carboxylic acids is 2. The SMILES string of the molecule is Cl.NCCCNC(=O)CCNC(=O)NC12CC3CC(CC(C3)C1)C2. The van der Waals surface area contributed by atoms with Crippen LogP contribution in [0.3, 0.4) is 0 Å². The van der Waals surface area contributed by atoms with Crippen LogP contribution in [0.5, 0.6) is 0 Å². The molecule has 138 valence electrons. The standard InChI is InChI=1S/C17H30N4O2.ClH/c18-3-1-4-19-15(22)2-5-20-16(23)21-17-9-12-6-13(10-17)8-14(7-12)11-17;/h12-14H,1-11,18H2,(H,19,22)(H2,20,21,23);1H. The van der Waals surface area contributed by atoms with Crippen molar-refractivity contribution in [3.63, 3.8) is 0 Å². The van der Waals surface area contributed by atoms with Crippen molar-refractivity contribution >= 4 is 24.3 Å². The lowest BCUT2D eigenvalue weighted by atomic mass is 9.53. The Bertz CT molecular complexity index is 423. The second-order valence-electron chi connectivity index (χ2n) is 7.82. The number of halogens is 1. The fourth-order valence-electron chi connectivity index (χ4n) is 5.26. The summed E-state index contributed by atoms with van der Waals surface area (Å²) in [5, 5.41) is 8.89. The van der Waals surface area contributed by atoms with Crippen LogP contribution >= 0.6 is 12.4 Å². The van der Waals surface area contributed by atoms with Gasteiger partial charge in [-0.1, -0.05) is 0 Å². The molecule has 4 aliphatic carbocycles. The molecule has 0 saturated heterocycles. The molecule has 5 N–H and O–H groups in total. The molecule has 4 aliphatic rings. The minimum Gasteiger partial charge on any atom is -0.356 e. The van der Waals surface area contributed by atoms with Crippen LogP contribution in [0.4, 0.5) is 4.79 Å². The summed E-state index contributed by atoms with van der Waals surface area (Å²) >= 11 is 0. The number of hydrogen-bond acceptors (Lipinski definition) is 3. The molecule has 0 unspecified atom stereocenters. The first-order valence-corrected chi connectivity index (χ1v) is 9.11. The summed E-state index contributed by atoms with van der Waals surface area (Å²) < 4.78 is 0. The Kier molecular flexibility index (Phi) is 6.75. The molecule has 0 atom stereocenters. The molecule has 0 aromatic carbocycles. The summed E-state index contributed by atoms with van der Waals surface area (Å²) in [7, 11) is 0. The number of nitrogens with one attached hydrogen (secondary N) is 3. The first-order valence-electron chi connectivity index (χ1n) is 9.11. The van der Waals surface area contributed by atoms with Crippen molar-refractivity contribution in [2.75, 3.05) is 19.6 Å². The van der Waals surface area contributed by atoms with Crippen LogP contribution in [0, 0.1) is 17.8 Å². The molecular weight excluding hydrogens is 328 g/mol. The minimum atomic E-state index is -0.110. The lowest BCUT2D eigenvalue weighted by Crippen LogP contribution is -2.61. The molecule has 6 nitrogen and oxygen atoms in total. The molecular formula is C17H31ClN4O2. The Balaban J connectivity index is 0.00000208. The zero-order valence-corrected chi connectivity index (χ0v) is 15.1. The predicted octanol–water partition coefficient (Wildman–Crippen LogP) is 1.53. The van der Waals surface area contributed by atoms with Gasteiger partial charge in [-0.05, 0) is 69.2 Å². The molecule has 0 aromatic rings. The predicted molar refractivity (Wildman–Crippen MR) is 96.0 cm³/mol. The molecule has 4 saturated carbocycles. The second kappa shape index (κ2) is 8.39. The number of hydrogen-bond donors (Lipinski definition) is 4. The highest BCUT2D eigenvalue weighted by atomic mass is 35.5. The fourth-order valence-corrected chi connectivity index (χ4v) is 5.26. The van der Waals surface area contributed by atoms with Gasteiger partial charge in [-0.25, -0.2) is 4.79 Å². The maximum absolute atomic E-state index is 12.2. The van der Waals surface area contributed by atoms with Gasteiger partial charge in [0.1, 0.15) is 0 Å². The van der Waals surface area contributed by atoms with Gasteiger partial charge >= 0.3 is 6.03 Å². The van der Waals surface area contributed by atoms with Crippen molar-refractivity contribution in [2.45, 2.75) is 56.9 Å². The Labute approximate surface area is 150 Å². The molecule has 3 amide bonds. The lowest BCUT2D eigenvalue weighted by Gasteiger charge is -2.56. The van der Waals surface area contributed by atoms with Crippen molar-refractivity contribution in [2.24, 2.45) is 23.5 Å². The van der Waals surface area contributed by atoms with Crippen LogP contribution in [0.1, 0.15) is 51.4 Å². The van der Waals surface area contributed by atoms with E-state index in [9.17, 15) is 9.59 Å².